The lowest BCUT2D eigenvalue weighted by molar-refractivity contribution is -0.150. The maximum absolute atomic E-state index is 12.4. The first-order chi connectivity index (χ1) is 15.9. The van der Waals surface area contributed by atoms with E-state index in [4.69, 9.17) is 9.47 Å². The fraction of sp³-hybridized carbons (Fsp3) is 0.500. The van der Waals surface area contributed by atoms with Crippen LogP contribution < -0.4 is 10.1 Å². The van der Waals surface area contributed by atoms with E-state index in [1.165, 1.54) is 11.1 Å². The summed E-state index contributed by atoms with van der Waals surface area (Å²) < 4.78 is 11.8. The molecule has 4 rings (SSSR count). The summed E-state index contributed by atoms with van der Waals surface area (Å²) in [5, 5.41) is 13.1. The van der Waals surface area contributed by atoms with Crippen molar-refractivity contribution in [1.82, 2.24) is 5.32 Å². The van der Waals surface area contributed by atoms with Gasteiger partial charge < -0.3 is 14.8 Å². The molecule has 1 atom stereocenters. The van der Waals surface area contributed by atoms with Gasteiger partial charge in [0.1, 0.15) is 24.5 Å². The number of fused-ring (bicyclic) bond motifs is 3. The van der Waals surface area contributed by atoms with E-state index in [1.54, 1.807) is 0 Å². The molecule has 2 aromatic carbocycles. The Kier molecular flexibility index (Phi) is 7.35. The van der Waals surface area contributed by atoms with Crippen LogP contribution in [0.2, 0.25) is 0 Å². The summed E-state index contributed by atoms with van der Waals surface area (Å²) in [4.78, 5) is 12.4. The highest BCUT2D eigenvalue weighted by Gasteiger charge is 2.29. The molecule has 0 radical (unpaired) electrons. The van der Waals surface area contributed by atoms with Crippen LogP contribution >= 0.6 is 0 Å². The lowest BCUT2D eigenvalue weighted by Gasteiger charge is -2.31. The van der Waals surface area contributed by atoms with Gasteiger partial charge in [-0.1, -0.05) is 30.3 Å². The molecule has 1 aliphatic carbocycles. The molecule has 5 heteroatoms. The van der Waals surface area contributed by atoms with Gasteiger partial charge in [-0.15, -0.1) is 0 Å². The summed E-state index contributed by atoms with van der Waals surface area (Å²) in [6, 6.07) is 16.7. The van der Waals surface area contributed by atoms with E-state index in [0.717, 1.165) is 44.1 Å². The Bertz CT molecular complexity index is 999. The molecule has 2 aliphatic rings. The summed E-state index contributed by atoms with van der Waals surface area (Å²) in [6.45, 7) is 5.17. The third kappa shape index (κ3) is 6.36. The van der Waals surface area contributed by atoms with E-state index in [9.17, 15) is 10.1 Å². The second kappa shape index (κ2) is 10.4. The van der Waals surface area contributed by atoms with Crippen molar-refractivity contribution in [2.45, 2.75) is 70.4 Å². The first-order valence-electron chi connectivity index (χ1n) is 12.1. The van der Waals surface area contributed by atoms with Gasteiger partial charge in [-0.25, -0.2) is 0 Å². The maximum atomic E-state index is 12.4. The van der Waals surface area contributed by atoms with Crippen LogP contribution in [0.3, 0.4) is 0 Å². The molecule has 0 spiro atoms. The summed E-state index contributed by atoms with van der Waals surface area (Å²) in [5.74, 6) is 1.000. The second-order valence-electron chi connectivity index (χ2n) is 10.1. The van der Waals surface area contributed by atoms with Crippen molar-refractivity contribution in [1.29, 1.82) is 5.26 Å². The summed E-state index contributed by atoms with van der Waals surface area (Å²) in [7, 11) is 0. The number of carbonyl (C=O) groups excluding carboxylic acids is 1. The number of ether oxygens (including phenoxy) is 2. The molecule has 0 amide bonds. The SMILES string of the molecule is CC(C)(CC1Cc2ccccc2C1)NCC1COc2cc(ccc2C#N)CCCCC(=O)O1. The van der Waals surface area contributed by atoms with Crippen LogP contribution in [0.5, 0.6) is 5.75 Å². The number of benzene rings is 2. The summed E-state index contributed by atoms with van der Waals surface area (Å²) in [5.41, 5.74) is 4.48. The van der Waals surface area contributed by atoms with Crippen LogP contribution in [0.4, 0.5) is 0 Å². The third-order valence-corrected chi connectivity index (χ3v) is 6.73. The number of carbonyl (C=O) groups is 1. The zero-order chi connectivity index (χ0) is 23.3. The molecule has 1 N–H and O–H groups in total. The first-order valence-corrected chi connectivity index (χ1v) is 12.1. The van der Waals surface area contributed by atoms with Crippen LogP contribution in [0.15, 0.2) is 42.5 Å². The van der Waals surface area contributed by atoms with Crippen molar-refractivity contribution in [3.63, 3.8) is 0 Å². The zero-order valence-electron chi connectivity index (χ0n) is 19.7. The van der Waals surface area contributed by atoms with Gasteiger partial charge in [-0.2, -0.15) is 5.26 Å². The normalized spacial score (nSPS) is 19.4. The van der Waals surface area contributed by atoms with Gasteiger partial charge in [0.05, 0.1) is 5.56 Å². The van der Waals surface area contributed by atoms with Crippen molar-refractivity contribution in [3.05, 3.63) is 64.7 Å². The lowest BCUT2D eigenvalue weighted by atomic mass is 9.88. The maximum Gasteiger partial charge on any atom is 0.306 e. The Morgan fingerprint density at radius 2 is 1.82 bits per heavy atom. The van der Waals surface area contributed by atoms with E-state index >= 15 is 0 Å². The fourth-order valence-electron chi connectivity index (χ4n) is 5.07. The van der Waals surface area contributed by atoms with E-state index < -0.39 is 6.10 Å². The van der Waals surface area contributed by atoms with Gasteiger partial charge in [0.15, 0.2) is 0 Å². The third-order valence-electron chi connectivity index (χ3n) is 6.73. The van der Waals surface area contributed by atoms with Crippen LogP contribution in [0, 0.1) is 17.2 Å². The molecule has 1 heterocycles. The van der Waals surface area contributed by atoms with Gasteiger partial charge in [0.25, 0.3) is 0 Å². The lowest BCUT2D eigenvalue weighted by Crippen LogP contribution is -2.47. The molecule has 0 saturated carbocycles. The van der Waals surface area contributed by atoms with E-state index in [-0.39, 0.29) is 18.1 Å². The van der Waals surface area contributed by atoms with Gasteiger partial charge in [-0.05, 0) is 87.1 Å². The Morgan fingerprint density at radius 3 is 2.55 bits per heavy atom. The Hall–Kier alpha value is -2.84. The van der Waals surface area contributed by atoms with Gasteiger partial charge in [0, 0.05) is 18.5 Å². The van der Waals surface area contributed by atoms with Gasteiger partial charge >= 0.3 is 5.97 Å². The van der Waals surface area contributed by atoms with E-state index in [1.807, 2.05) is 18.2 Å². The highest BCUT2D eigenvalue weighted by molar-refractivity contribution is 5.69. The van der Waals surface area contributed by atoms with Crippen LogP contribution in [0.25, 0.3) is 0 Å². The number of cyclic esters (lactones) is 1. The number of esters is 1. The Morgan fingerprint density at radius 1 is 1.09 bits per heavy atom. The summed E-state index contributed by atoms with van der Waals surface area (Å²) in [6.07, 6.45) is 5.86. The molecular formula is C28H34N2O3. The van der Waals surface area contributed by atoms with Crippen molar-refractivity contribution < 1.29 is 14.3 Å². The second-order valence-corrected chi connectivity index (χ2v) is 10.1. The average Bonchev–Trinajstić information content (AvgIpc) is 3.19. The predicted octanol–water partition coefficient (Wildman–Crippen LogP) is 4.75. The van der Waals surface area contributed by atoms with Crippen molar-refractivity contribution in [3.8, 4) is 11.8 Å². The molecular weight excluding hydrogens is 412 g/mol. The van der Waals surface area contributed by atoms with Crippen molar-refractivity contribution in [2.75, 3.05) is 13.2 Å². The Balaban J connectivity index is 1.38. The molecule has 5 nitrogen and oxygen atoms in total. The number of nitrogens with one attached hydrogen (secondary N) is 1. The fourth-order valence-corrected chi connectivity index (χ4v) is 5.07. The Labute approximate surface area is 197 Å². The van der Waals surface area contributed by atoms with Crippen LogP contribution in [0.1, 0.15) is 61.8 Å². The highest BCUT2D eigenvalue weighted by atomic mass is 16.6. The monoisotopic (exact) mass is 446 g/mol. The number of nitrogens with zero attached hydrogens (tertiary/aromatic N) is 1. The van der Waals surface area contributed by atoms with Gasteiger partial charge in [-0.3, -0.25) is 4.79 Å². The quantitative estimate of drug-likeness (QED) is 0.671. The molecule has 2 bridgehead atoms. The average molecular weight is 447 g/mol. The minimum absolute atomic E-state index is 0.0967. The standard InChI is InChI=1S/C28H34N2O3/c1-28(2,16-21-13-22-8-4-5-9-23(22)14-21)30-18-25-19-32-26-15-20(11-12-24(26)17-29)7-3-6-10-27(31)33-25/h4-5,8-9,11-12,15,21,25,30H,3,6-7,10,13-14,16,18-19H2,1-2H3. The predicted molar refractivity (Wildman–Crippen MR) is 128 cm³/mol. The largest absolute Gasteiger partial charge is 0.488 e. The van der Waals surface area contributed by atoms with Gasteiger partial charge in [0.2, 0.25) is 0 Å². The van der Waals surface area contributed by atoms with E-state index in [2.05, 4.69) is 49.5 Å². The number of hydrogen-bond donors (Lipinski definition) is 1. The number of rotatable bonds is 5. The molecule has 174 valence electrons. The van der Waals surface area contributed by atoms with Crippen molar-refractivity contribution in [2.24, 2.45) is 5.92 Å². The smallest absolute Gasteiger partial charge is 0.306 e. The van der Waals surface area contributed by atoms with Crippen LogP contribution in [-0.4, -0.2) is 30.8 Å². The molecule has 33 heavy (non-hydrogen) atoms. The molecule has 1 unspecified atom stereocenters. The minimum Gasteiger partial charge on any atom is -0.488 e. The van der Waals surface area contributed by atoms with E-state index in [0.29, 0.717) is 30.2 Å². The zero-order valence-corrected chi connectivity index (χ0v) is 19.7. The molecule has 0 fully saturated rings. The van der Waals surface area contributed by atoms with Crippen molar-refractivity contribution >= 4 is 5.97 Å². The number of nitriles is 1. The molecule has 1 aliphatic heterocycles. The summed E-state index contributed by atoms with van der Waals surface area (Å²) >= 11 is 0. The molecule has 0 saturated heterocycles. The number of hydrogen-bond acceptors (Lipinski definition) is 5. The van der Waals surface area contributed by atoms with Crippen LogP contribution in [-0.2, 0) is 28.8 Å². The first kappa shape index (κ1) is 23.3. The minimum atomic E-state index is -0.410. The molecule has 2 aromatic rings. The topological polar surface area (TPSA) is 71.3 Å². The number of aryl methyl sites for hydroxylation is 1. The highest BCUT2D eigenvalue weighted by Crippen LogP contribution is 2.32. The molecule has 0 aromatic heterocycles.